The van der Waals surface area contributed by atoms with Crippen LogP contribution in [0, 0.1) is 0 Å². The molecular weight excluding hydrogens is 274 g/mol. The van der Waals surface area contributed by atoms with E-state index in [0.29, 0.717) is 12.8 Å². The molecule has 3 N–H and O–H groups in total. The smallest absolute Gasteiger partial charge is 0.323 e. The van der Waals surface area contributed by atoms with E-state index in [1.165, 1.54) is 0 Å². The monoisotopic (exact) mass is 287 g/mol. The number of halogens is 1. The molecule has 6 heteroatoms. The van der Waals surface area contributed by atoms with Crippen LogP contribution in [0.15, 0.2) is 16.9 Å². The molecule has 1 saturated carbocycles. The SMILES string of the molecule is NC1(C(=O)O)CCCC(n2cc(Br)cn2)C1. The zero-order valence-electron chi connectivity index (χ0n) is 8.77. The fraction of sp³-hybridized carbons (Fsp3) is 0.600. The van der Waals surface area contributed by atoms with Crippen molar-refractivity contribution in [1.82, 2.24) is 9.78 Å². The molecule has 0 radical (unpaired) electrons. The standard InChI is InChI=1S/C10H14BrN3O2/c11-7-5-13-14(6-7)8-2-1-3-10(12,4-8)9(15)16/h5-6,8H,1-4,12H2,(H,15,16). The van der Waals surface area contributed by atoms with Crippen molar-refractivity contribution in [3.63, 3.8) is 0 Å². The van der Waals surface area contributed by atoms with Crippen molar-refractivity contribution in [1.29, 1.82) is 0 Å². The number of nitrogens with zero attached hydrogens (tertiary/aromatic N) is 2. The normalized spacial score (nSPS) is 30.2. The van der Waals surface area contributed by atoms with E-state index >= 15 is 0 Å². The number of aliphatic carboxylic acids is 1. The number of carboxylic acid groups (broad SMARTS) is 1. The molecule has 1 aromatic rings. The minimum absolute atomic E-state index is 0.0844. The van der Waals surface area contributed by atoms with Gasteiger partial charge in [-0.2, -0.15) is 5.10 Å². The quantitative estimate of drug-likeness (QED) is 0.865. The summed E-state index contributed by atoms with van der Waals surface area (Å²) >= 11 is 3.33. The second kappa shape index (κ2) is 4.18. The Morgan fingerprint density at radius 1 is 1.75 bits per heavy atom. The van der Waals surface area contributed by atoms with Gasteiger partial charge in [-0.3, -0.25) is 9.48 Å². The van der Waals surface area contributed by atoms with E-state index in [-0.39, 0.29) is 6.04 Å². The molecule has 2 atom stereocenters. The third kappa shape index (κ3) is 2.12. The van der Waals surface area contributed by atoms with E-state index in [2.05, 4.69) is 21.0 Å². The van der Waals surface area contributed by atoms with Gasteiger partial charge in [-0.15, -0.1) is 0 Å². The van der Waals surface area contributed by atoms with Crippen LogP contribution >= 0.6 is 15.9 Å². The van der Waals surface area contributed by atoms with Crippen molar-refractivity contribution in [2.45, 2.75) is 37.3 Å². The molecule has 0 bridgehead atoms. The van der Waals surface area contributed by atoms with Gasteiger partial charge in [0, 0.05) is 6.20 Å². The van der Waals surface area contributed by atoms with E-state index in [1.54, 1.807) is 10.9 Å². The average molecular weight is 288 g/mol. The third-order valence-electron chi connectivity index (χ3n) is 3.13. The largest absolute Gasteiger partial charge is 0.480 e. The molecule has 1 aromatic heterocycles. The van der Waals surface area contributed by atoms with Crippen LogP contribution < -0.4 is 5.73 Å². The molecule has 2 rings (SSSR count). The zero-order chi connectivity index (χ0) is 11.8. The lowest BCUT2D eigenvalue weighted by Gasteiger charge is -2.34. The van der Waals surface area contributed by atoms with E-state index in [9.17, 15) is 4.79 Å². The Hall–Kier alpha value is -0.880. The van der Waals surface area contributed by atoms with E-state index < -0.39 is 11.5 Å². The summed E-state index contributed by atoms with van der Waals surface area (Å²) in [6, 6.07) is 0.0844. The molecule has 2 unspecified atom stereocenters. The van der Waals surface area contributed by atoms with Gasteiger partial charge in [-0.05, 0) is 41.6 Å². The van der Waals surface area contributed by atoms with Gasteiger partial charge < -0.3 is 10.8 Å². The Morgan fingerprint density at radius 3 is 3.06 bits per heavy atom. The van der Waals surface area contributed by atoms with Crippen molar-refractivity contribution in [3.05, 3.63) is 16.9 Å². The molecule has 0 aromatic carbocycles. The van der Waals surface area contributed by atoms with Crippen LogP contribution in [0.25, 0.3) is 0 Å². The molecule has 88 valence electrons. The highest BCUT2D eigenvalue weighted by molar-refractivity contribution is 9.10. The summed E-state index contributed by atoms with van der Waals surface area (Å²) in [5, 5.41) is 13.3. The first-order valence-corrected chi connectivity index (χ1v) is 6.02. The van der Waals surface area contributed by atoms with Crippen LogP contribution in [0.4, 0.5) is 0 Å². The van der Waals surface area contributed by atoms with E-state index in [1.807, 2.05) is 6.20 Å². The summed E-state index contributed by atoms with van der Waals surface area (Å²) < 4.78 is 2.70. The number of aromatic nitrogens is 2. The lowest BCUT2D eigenvalue weighted by atomic mass is 9.80. The highest BCUT2D eigenvalue weighted by Crippen LogP contribution is 2.34. The van der Waals surface area contributed by atoms with E-state index in [4.69, 9.17) is 10.8 Å². The molecule has 0 aliphatic heterocycles. The van der Waals surface area contributed by atoms with Gasteiger partial charge in [0.05, 0.1) is 16.7 Å². The van der Waals surface area contributed by atoms with Crippen molar-refractivity contribution >= 4 is 21.9 Å². The third-order valence-corrected chi connectivity index (χ3v) is 3.54. The molecule has 0 spiro atoms. The summed E-state index contributed by atoms with van der Waals surface area (Å²) in [7, 11) is 0. The number of hydrogen-bond donors (Lipinski definition) is 2. The van der Waals surface area contributed by atoms with Crippen molar-refractivity contribution in [2.75, 3.05) is 0 Å². The summed E-state index contributed by atoms with van der Waals surface area (Å²) in [5.74, 6) is -0.913. The summed E-state index contributed by atoms with van der Waals surface area (Å²) in [4.78, 5) is 11.1. The van der Waals surface area contributed by atoms with Crippen molar-refractivity contribution in [3.8, 4) is 0 Å². The van der Waals surface area contributed by atoms with Gasteiger partial charge >= 0.3 is 5.97 Å². The maximum Gasteiger partial charge on any atom is 0.323 e. The molecule has 16 heavy (non-hydrogen) atoms. The van der Waals surface area contributed by atoms with Gasteiger partial charge in [0.25, 0.3) is 0 Å². The number of nitrogens with two attached hydrogens (primary N) is 1. The highest BCUT2D eigenvalue weighted by atomic mass is 79.9. The molecule has 5 nitrogen and oxygen atoms in total. The first kappa shape index (κ1) is 11.6. The van der Waals surface area contributed by atoms with Crippen molar-refractivity contribution in [2.24, 2.45) is 5.73 Å². The van der Waals surface area contributed by atoms with Crippen LogP contribution in [-0.4, -0.2) is 26.4 Å². The number of rotatable bonds is 2. The second-order valence-electron chi connectivity index (χ2n) is 4.35. The predicted molar refractivity (Wildman–Crippen MR) is 62.0 cm³/mol. The van der Waals surface area contributed by atoms with Crippen molar-refractivity contribution < 1.29 is 9.90 Å². The van der Waals surface area contributed by atoms with Crippen LogP contribution in [0.1, 0.15) is 31.7 Å². The maximum absolute atomic E-state index is 11.1. The first-order chi connectivity index (χ1) is 7.51. The number of carboxylic acids is 1. The van der Waals surface area contributed by atoms with E-state index in [0.717, 1.165) is 17.3 Å². The molecule has 0 saturated heterocycles. The van der Waals surface area contributed by atoms with Crippen LogP contribution in [0.3, 0.4) is 0 Å². The summed E-state index contributed by atoms with van der Waals surface area (Å²) in [5.41, 5.74) is 4.79. The zero-order valence-corrected chi connectivity index (χ0v) is 10.4. The van der Waals surface area contributed by atoms with Gasteiger partial charge in [0.1, 0.15) is 5.54 Å². The molecule has 1 fully saturated rings. The van der Waals surface area contributed by atoms with Gasteiger partial charge in [-0.1, -0.05) is 0 Å². The maximum atomic E-state index is 11.1. The fourth-order valence-corrected chi connectivity index (χ4v) is 2.51. The molecule has 0 amide bonds. The minimum Gasteiger partial charge on any atom is -0.480 e. The fourth-order valence-electron chi connectivity index (χ4n) is 2.21. The lowest BCUT2D eigenvalue weighted by Crippen LogP contribution is -2.51. The first-order valence-electron chi connectivity index (χ1n) is 5.23. The van der Waals surface area contributed by atoms with Gasteiger partial charge in [-0.25, -0.2) is 0 Å². The van der Waals surface area contributed by atoms with Crippen LogP contribution in [0.2, 0.25) is 0 Å². The molecule has 1 aliphatic rings. The van der Waals surface area contributed by atoms with Crippen LogP contribution in [-0.2, 0) is 4.79 Å². The topological polar surface area (TPSA) is 81.1 Å². The summed E-state index contributed by atoms with van der Waals surface area (Å²) in [6.45, 7) is 0. The highest BCUT2D eigenvalue weighted by Gasteiger charge is 2.40. The molecular formula is C10H14BrN3O2. The lowest BCUT2D eigenvalue weighted by molar-refractivity contribution is -0.145. The average Bonchev–Trinajstić information content (AvgIpc) is 2.65. The van der Waals surface area contributed by atoms with Gasteiger partial charge in [0.15, 0.2) is 0 Å². The Bertz CT molecular complexity index is 407. The molecule has 1 aliphatic carbocycles. The number of hydrogen-bond acceptors (Lipinski definition) is 3. The molecule has 1 heterocycles. The van der Waals surface area contributed by atoms with Crippen LogP contribution in [0.5, 0.6) is 0 Å². The second-order valence-corrected chi connectivity index (χ2v) is 5.27. The summed E-state index contributed by atoms with van der Waals surface area (Å²) in [6.07, 6.45) is 6.30. The predicted octanol–water partition coefficient (Wildman–Crippen LogP) is 1.54. The Labute approximate surface area is 102 Å². The minimum atomic E-state index is -1.10. The Morgan fingerprint density at radius 2 is 2.50 bits per heavy atom. The Balaban J connectivity index is 2.16. The number of carbonyl (C=O) groups is 1. The Kier molecular flexibility index (Phi) is 3.03. The van der Waals surface area contributed by atoms with Gasteiger partial charge in [0.2, 0.25) is 0 Å².